The Morgan fingerprint density at radius 1 is 1.24 bits per heavy atom. The predicted octanol–water partition coefficient (Wildman–Crippen LogP) is 2.45. The Labute approximate surface area is 120 Å². The number of nitro benzene ring substituents is 1. The van der Waals surface area contributed by atoms with Gasteiger partial charge in [-0.2, -0.15) is 0 Å². The van der Waals surface area contributed by atoms with E-state index in [9.17, 15) is 27.3 Å². The van der Waals surface area contributed by atoms with Crippen molar-refractivity contribution in [2.75, 3.05) is 0 Å². The Balaban J connectivity index is 2.18. The number of nitrogens with zero attached hydrogens (tertiary/aromatic N) is 1. The molecule has 0 atom stereocenters. The summed E-state index contributed by atoms with van der Waals surface area (Å²) in [4.78, 5) is 9.62. The number of nitro groups is 1. The third-order valence-electron chi connectivity index (χ3n) is 3.39. The van der Waals surface area contributed by atoms with Crippen molar-refractivity contribution in [2.24, 2.45) is 0 Å². The first kappa shape index (κ1) is 15.8. The van der Waals surface area contributed by atoms with Crippen molar-refractivity contribution in [3.8, 4) is 0 Å². The first-order valence-electron chi connectivity index (χ1n) is 6.35. The molecule has 2 rings (SSSR count). The Kier molecular flexibility index (Phi) is 4.24. The van der Waals surface area contributed by atoms with Crippen LogP contribution in [-0.4, -0.2) is 25.3 Å². The smallest absolute Gasteiger partial charge is 0.258 e. The molecule has 0 aromatic heterocycles. The summed E-state index contributed by atoms with van der Waals surface area (Å²) < 4.78 is 52.7. The molecule has 1 aliphatic rings. The molecule has 0 spiro atoms. The summed E-state index contributed by atoms with van der Waals surface area (Å²) in [5, 5.41) is 10.9. The Morgan fingerprint density at radius 2 is 1.81 bits per heavy atom. The number of sulfonamides is 1. The zero-order valence-corrected chi connectivity index (χ0v) is 11.8. The second-order valence-corrected chi connectivity index (χ2v) is 6.66. The molecule has 1 saturated carbocycles. The molecule has 1 fully saturated rings. The van der Waals surface area contributed by atoms with Crippen LogP contribution in [0.25, 0.3) is 0 Å². The topological polar surface area (TPSA) is 89.3 Å². The minimum atomic E-state index is -4.11. The summed E-state index contributed by atoms with van der Waals surface area (Å²) in [6.45, 7) is 0. The van der Waals surface area contributed by atoms with Crippen molar-refractivity contribution in [1.29, 1.82) is 0 Å². The molecule has 1 aliphatic carbocycles. The van der Waals surface area contributed by atoms with E-state index in [1.165, 1.54) is 12.1 Å². The summed E-state index contributed by atoms with van der Waals surface area (Å²) in [5.41, 5.74) is -0.536. The molecule has 21 heavy (non-hydrogen) atoms. The predicted molar refractivity (Wildman–Crippen MR) is 70.6 cm³/mol. The van der Waals surface area contributed by atoms with Crippen LogP contribution in [0.15, 0.2) is 29.2 Å². The SMILES string of the molecule is O=[N+]([O-])c1ccccc1S(=O)(=O)NC1CCC(F)(F)CC1. The van der Waals surface area contributed by atoms with Crippen LogP contribution < -0.4 is 4.72 Å². The first-order chi connectivity index (χ1) is 9.71. The Hall–Kier alpha value is -1.61. The Bertz CT molecular complexity index is 638. The van der Waals surface area contributed by atoms with E-state index in [0.717, 1.165) is 12.1 Å². The number of nitrogens with one attached hydrogen (secondary N) is 1. The third kappa shape index (κ3) is 3.73. The third-order valence-corrected chi connectivity index (χ3v) is 4.96. The molecule has 0 saturated heterocycles. The molecule has 0 amide bonds. The van der Waals surface area contributed by atoms with Crippen molar-refractivity contribution in [1.82, 2.24) is 4.72 Å². The van der Waals surface area contributed by atoms with Crippen LogP contribution in [0.2, 0.25) is 0 Å². The lowest BCUT2D eigenvalue weighted by molar-refractivity contribution is -0.387. The largest absolute Gasteiger partial charge is 0.289 e. The second kappa shape index (κ2) is 5.64. The van der Waals surface area contributed by atoms with Crippen LogP contribution >= 0.6 is 0 Å². The van der Waals surface area contributed by atoms with Crippen molar-refractivity contribution >= 4 is 15.7 Å². The number of para-hydroxylation sites is 1. The van der Waals surface area contributed by atoms with E-state index in [4.69, 9.17) is 0 Å². The molecule has 0 bridgehead atoms. The molecule has 9 heteroatoms. The lowest BCUT2D eigenvalue weighted by Gasteiger charge is -2.28. The highest BCUT2D eigenvalue weighted by Crippen LogP contribution is 2.34. The van der Waals surface area contributed by atoms with E-state index in [2.05, 4.69) is 4.72 Å². The molecular weight excluding hydrogens is 306 g/mol. The van der Waals surface area contributed by atoms with Crippen LogP contribution in [0.4, 0.5) is 14.5 Å². The maximum Gasteiger partial charge on any atom is 0.289 e. The lowest BCUT2D eigenvalue weighted by Crippen LogP contribution is -2.40. The molecule has 0 heterocycles. The molecular formula is C12H14F2N2O4S. The molecule has 0 unspecified atom stereocenters. The number of halogens is 2. The fraction of sp³-hybridized carbons (Fsp3) is 0.500. The van der Waals surface area contributed by atoms with Gasteiger partial charge in [0.05, 0.1) is 4.92 Å². The van der Waals surface area contributed by atoms with Crippen LogP contribution in [0.5, 0.6) is 0 Å². The van der Waals surface area contributed by atoms with E-state index < -0.39 is 50.3 Å². The molecule has 0 aliphatic heterocycles. The lowest BCUT2D eigenvalue weighted by atomic mass is 9.93. The minimum Gasteiger partial charge on any atom is -0.258 e. The summed E-state index contributed by atoms with van der Waals surface area (Å²) in [5.74, 6) is -2.76. The zero-order valence-electron chi connectivity index (χ0n) is 11.0. The molecule has 1 aromatic rings. The first-order valence-corrected chi connectivity index (χ1v) is 7.83. The van der Waals surface area contributed by atoms with Crippen LogP contribution in [0, 0.1) is 10.1 Å². The van der Waals surface area contributed by atoms with E-state index >= 15 is 0 Å². The highest BCUT2D eigenvalue weighted by atomic mass is 32.2. The van der Waals surface area contributed by atoms with Gasteiger partial charge in [0.1, 0.15) is 0 Å². The van der Waals surface area contributed by atoms with Gasteiger partial charge in [-0.1, -0.05) is 12.1 Å². The summed E-state index contributed by atoms with van der Waals surface area (Å²) in [6.07, 6.45) is -0.770. The van der Waals surface area contributed by atoms with Gasteiger partial charge in [0.2, 0.25) is 15.9 Å². The highest BCUT2D eigenvalue weighted by Gasteiger charge is 2.37. The van der Waals surface area contributed by atoms with Gasteiger partial charge in [-0.25, -0.2) is 21.9 Å². The average Bonchev–Trinajstić information content (AvgIpc) is 2.41. The van der Waals surface area contributed by atoms with Crippen molar-refractivity contribution in [3.05, 3.63) is 34.4 Å². The van der Waals surface area contributed by atoms with Gasteiger partial charge in [-0.05, 0) is 18.9 Å². The van der Waals surface area contributed by atoms with Crippen molar-refractivity contribution in [3.63, 3.8) is 0 Å². The fourth-order valence-corrected chi connectivity index (χ4v) is 3.75. The van der Waals surface area contributed by atoms with Crippen LogP contribution in [-0.2, 0) is 10.0 Å². The monoisotopic (exact) mass is 320 g/mol. The summed E-state index contributed by atoms with van der Waals surface area (Å²) in [6, 6.07) is 4.31. The van der Waals surface area contributed by atoms with Gasteiger partial charge in [0.15, 0.2) is 4.90 Å². The molecule has 1 N–H and O–H groups in total. The van der Waals surface area contributed by atoms with Gasteiger partial charge < -0.3 is 0 Å². The van der Waals surface area contributed by atoms with E-state index in [1.54, 1.807) is 0 Å². The molecule has 1 aromatic carbocycles. The van der Waals surface area contributed by atoms with Gasteiger partial charge in [0, 0.05) is 24.9 Å². The van der Waals surface area contributed by atoms with Gasteiger partial charge in [-0.15, -0.1) is 0 Å². The number of benzene rings is 1. The number of hydrogen-bond acceptors (Lipinski definition) is 4. The van der Waals surface area contributed by atoms with E-state index in [0.29, 0.717) is 0 Å². The van der Waals surface area contributed by atoms with Crippen molar-refractivity contribution < 1.29 is 22.1 Å². The summed E-state index contributed by atoms with van der Waals surface area (Å²) in [7, 11) is -4.11. The summed E-state index contributed by atoms with van der Waals surface area (Å²) >= 11 is 0. The average molecular weight is 320 g/mol. The van der Waals surface area contributed by atoms with Gasteiger partial charge >= 0.3 is 0 Å². The number of alkyl halides is 2. The molecule has 0 radical (unpaired) electrons. The van der Waals surface area contributed by atoms with Gasteiger partial charge in [0.25, 0.3) is 5.69 Å². The number of rotatable bonds is 4. The van der Waals surface area contributed by atoms with Gasteiger partial charge in [-0.3, -0.25) is 10.1 Å². The maximum atomic E-state index is 13.0. The molecule has 6 nitrogen and oxygen atoms in total. The van der Waals surface area contributed by atoms with Crippen LogP contribution in [0.1, 0.15) is 25.7 Å². The molecule has 116 valence electrons. The maximum absolute atomic E-state index is 13.0. The Morgan fingerprint density at radius 3 is 2.38 bits per heavy atom. The van der Waals surface area contributed by atoms with Crippen LogP contribution in [0.3, 0.4) is 0 Å². The fourth-order valence-electron chi connectivity index (χ4n) is 2.28. The normalized spacial score (nSPS) is 19.3. The number of hydrogen-bond donors (Lipinski definition) is 1. The minimum absolute atomic E-state index is 0.00681. The van der Waals surface area contributed by atoms with E-state index in [1.807, 2.05) is 0 Å². The zero-order chi connectivity index (χ0) is 15.7. The second-order valence-electron chi connectivity index (χ2n) is 4.98. The van der Waals surface area contributed by atoms with E-state index in [-0.39, 0.29) is 12.8 Å². The van der Waals surface area contributed by atoms with Crippen molar-refractivity contribution in [2.45, 2.75) is 42.5 Å². The standard InChI is InChI=1S/C12H14F2N2O4S/c13-12(14)7-5-9(6-8-12)15-21(19,20)11-4-2-1-3-10(11)16(17)18/h1-4,9,15H,5-8H2. The highest BCUT2D eigenvalue weighted by molar-refractivity contribution is 7.89. The quantitative estimate of drug-likeness (QED) is 0.681.